The highest BCUT2D eigenvalue weighted by Crippen LogP contribution is 2.23. The maximum atomic E-state index is 11.1. The minimum atomic E-state index is -0.994. The zero-order valence-electron chi connectivity index (χ0n) is 9.23. The van der Waals surface area contributed by atoms with Gasteiger partial charge in [0.15, 0.2) is 0 Å². The fourth-order valence-electron chi connectivity index (χ4n) is 2.16. The molecule has 0 bridgehead atoms. The summed E-state index contributed by atoms with van der Waals surface area (Å²) in [4.78, 5) is 11.1. The van der Waals surface area contributed by atoms with Crippen molar-refractivity contribution in [1.29, 1.82) is 0 Å². The van der Waals surface area contributed by atoms with Crippen molar-refractivity contribution in [2.75, 3.05) is 0 Å². The first-order valence-corrected chi connectivity index (χ1v) is 5.21. The number of hydrogen-bond donors (Lipinski definition) is 2. The number of rotatable bonds is 2. The molecule has 4 nitrogen and oxygen atoms in total. The number of carbonyl (C=O) groups is 1. The van der Waals surface area contributed by atoms with E-state index in [0.717, 1.165) is 5.56 Å². The molecule has 0 radical (unpaired) electrons. The lowest BCUT2D eigenvalue weighted by Crippen LogP contribution is -2.33. The quantitative estimate of drug-likeness (QED) is 0.721. The Morgan fingerprint density at radius 2 is 2.19 bits per heavy atom. The fraction of sp³-hybridized carbons (Fsp3) is 0.364. The molecule has 2 N–H and O–H groups in total. The van der Waals surface area contributed by atoms with Crippen LogP contribution in [0.4, 0.5) is 0 Å². The molecule has 1 aliphatic heterocycles. The molecule has 0 saturated heterocycles. The molecule has 0 atom stereocenters. The summed E-state index contributed by atoms with van der Waals surface area (Å²) in [6.45, 7) is 4.16. The van der Waals surface area contributed by atoms with Gasteiger partial charge in [-0.15, -0.1) is 0 Å². The van der Waals surface area contributed by atoms with Crippen molar-refractivity contribution in [3.05, 3.63) is 28.8 Å². The molecule has 0 saturated carbocycles. The van der Waals surface area contributed by atoms with E-state index >= 15 is 0 Å². The summed E-state index contributed by atoms with van der Waals surface area (Å²) in [6, 6.07) is 3.29. The average Bonchev–Trinajstić information content (AvgIpc) is 2.59. The van der Waals surface area contributed by atoms with Crippen LogP contribution in [0.2, 0.25) is 0 Å². The molecule has 16 heavy (non-hydrogen) atoms. The van der Waals surface area contributed by atoms with Crippen LogP contribution in [-0.4, -0.2) is 23.2 Å². The smallest absolute Gasteiger partial charge is 0.478 e. The zero-order chi connectivity index (χ0) is 11.9. The Kier molecular flexibility index (Phi) is 2.74. The van der Waals surface area contributed by atoms with Crippen LogP contribution in [0.1, 0.15) is 41.3 Å². The van der Waals surface area contributed by atoms with Gasteiger partial charge in [-0.1, -0.05) is 19.9 Å². The van der Waals surface area contributed by atoms with Crippen LogP contribution in [0, 0.1) is 0 Å². The molecule has 0 aliphatic carbocycles. The van der Waals surface area contributed by atoms with E-state index < -0.39 is 13.1 Å². The molecule has 1 heterocycles. The van der Waals surface area contributed by atoms with Gasteiger partial charge < -0.3 is 14.8 Å². The number of aromatic carboxylic acids is 1. The van der Waals surface area contributed by atoms with Crippen LogP contribution >= 0.6 is 0 Å². The van der Waals surface area contributed by atoms with Crippen LogP contribution in [0.3, 0.4) is 0 Å². The number of hydrogen-bond acceptors (Lipinski definition) is 3. The topological polar surface area (TPSA) is 66.8 Å². The Morgan fingerprint density at radius 3 is 2.75 bits per heavy atom. The molecule has 1 aliphatic rings. The first kappa shape index (κ1) is 11.2. The second-order valence-electron chi connectivity index (χ2n) is 4.22. The third-order valence-electron chi connectivity index (χ3n) is 2.83. The summed E-state index contributed by atoms with van der Waals surface area (Å²) in [5, 5.41) is 18.8. The van der Waals surface area contributed by atoms with Crippen molar-refractivity contribution in [2.24, 2.45) is 0 Å². The normalized spacial score (nSPS) is 14.4. The molecule has 0 fully saturated rings. The van der Waals surface area contributed by atoms with Crippen LogP contribution in [0.5, 0.6) is 0 Å². The number of carboxylic acids is 1. The molecule has 84 valence electrons. The van der Waals surface area contributed by atoms with Crippen molar-refractivity contribution in [3.63, 3.8) is 0 Å². The van der Waals surface area contributed by atoms with Crippen LogP contribution < -0.4 is 5.46 Å². The van der Waals surface area contributed by atoms with Gasteiger partial charge >= 0.3 is 13.1 Å². The van der Waals surface area contributed by atoms with Gasteiger partial charge in [-0.05, 0) is 28.6 Å². The van der Waals surface area contributed by atoms with E-state index in [0.29, 0.717) is 17.6 Å². The lowest BCUT2D eigenvalue weighted by molar-refractivity contribution is 0.0695. The number of carboxylic acid groups (broad SMARTS) is 1. The van der Waals surface area contributed by atoms with E-state index in [1.807, 2.05) is 13.8 Å². The molecular formula is C11H13BO4. The highest BCUT2D eigenvalue weighted by Gasteiger charge is 2.33. The molecule has 0 aromatic heterocycles. The van der Waals surface area contributed by atoms with Gasteiger partial charge in [0.1, 0.15) is 0 Å². The summed E-state index contributed by atoms with van der Waals surface area (Å²) in [5.74, 6) is -0.928. The minimum absolute atomic E-state index is 0.0393. The Labute approximate surface area is 94.0 Å². The molecular weight excluding hydrogens is 207 g/mol. The molecule has 2 rings (SSSR count). The van der Waals surface area contributed by atoms with E-state index in [-0.39, 0.29) is 11.5 Å². The summed E-state index contributed by atoms with van der Waals surface area (Å²) in [5.41, 5.74) is 2.43. The third kappa shape index (κ3) is 1.62. The maximum Gasteiger partial charge on any atom is 0.492 e. The van der Waals surface area contributed by atoms with Crippen LogP contribution in [0.25, 0.3) is 0 Å². The average molecular weight is 220 g/mol. The number of fused-ring (bicyclic) bond motifs is 1. The van der Waals surface area contributed by atoms with Crippen molar-refractivity contribution in [2.45, 2.75) is 26.4 Å². The van der Waals surface area contributed by atoms with E-state index in [9.17, 15) is 9.82 Å². The van der Waals surface area contributed by atoms with Crippen molar-refractivity contribution in [1.82, 2.24) is 0 Å². The predicted octanol–water partition coefficient (Wildman–Crippen LogP) is 0.726. The highest BCUT2D eigenvalue weighted by atomic mass is 16.5. The van der Waals surface area contributed by atoms with Crippen molar-refractivity contribution < 1.29 is 19.6 Å². The Bertz CT molecular complexity index is 442. The second-order valence-corrected chi connectivity index (χ2v) is 4.22. The minimum Gasteiger partial charge on any atom is -0.478 e. The summed E-state index contributed by atoms with van der Waals surface area (Å²) < 4.78 is 5.11. The molecule has 1 aromatic carbocycles. The van der Waals surface area contributed by atoms with E-state index in [1.54, 1.807) is 12.1 Å². The third-order valence-corrected chi connectivity index (χ3v) is 2.83. The van der Waals surface area contributed by atoms with Gasteiger partial charge in [0.25, 0.3) is 0 Å². The first-order chi connectivity index (χ1) is 7.52. The molecule has 1 aromatic rings. The zero-order valence-corrected chi connectivity index (χ0v) is 9.23. The van der Waals surface area contributed by atoms with E-state index in [1.165, 1.54) is 0 Å². The van der Waals surface area contributed by atoms with Gasteiger partial charge in [0, 0.05) is 0 Å². The van der Waals surface area contributed by atoms with E-state index in [2.05, 4.69) is 0 Å². The molecule has 0 spiro atoms. The van der Waals surface area contributed by atoms with Gasteiger partial charge in [-0.2, -0.15) is 0 Å². The lowest BCUT2D eigenvalue weighted by Gasteiger charge is -2.15. The number of benzene rings is 1. The molecule has 5 heteroatoms. The Morgan fingerprint density at radius 1 is 1.50 bits per heavy atom. The SMILES string of the molecule is CC(C)c1c(C(=O)O)ccc2c1B(O)OC2. The van der Waals surface area contributed by atoms with Crippen molar-refractivity contribution in [3.8, 4) is 0 Å². The van der Waals surface area contributed by atoms with Gasteiger partial charge in [0.2, 0.25) is 0 Å². The van der Waals surface area contributed by atoms with Gasteiger partial charge in [-0.3, -0.25) is 0 Å². The fourth-order valence-corrected chi connectivity index (χ4v) is 2.16. The Balaban J connectivity index is 2.68. The monoisotopic (exact) mass is 220 g/mol. The highest BCUT2D eigenvalue weighted by molar-refractivity contribution is 6.62. The first-order valence-electron chi connectivity index (χ1n) is 5.21. The van der Waals surface area contributed by atoms with E-state index in [4.69, 9.17) is 9.76 Å². The maximum absolute atomic E-state index is 11.1. The molecule has 0 unspecified atom stereocenters. The standard InChI is InChI=1S/C11H13BO4/c1-6(2)9-8(11(13)14)4-3-7-5-16-12(15)10(7)9/h3-4,6,15H,5H2,1-2H3,(H,13,14). The lowest BCUT2D eigenvalue weighted by atomic mass is 9.72. The van der Waals surface area contributed by atoms with Crippen LogP contribution in [0.15, 0.2) is 12.1 Å². The summed E-state index contributed by atoms with van der Waals surface area (Å²) in [6.07, 6.45) is 0. The van der Waals surface area contributed by atoms with Crippen molar-refractivity contribution >= 4 is 18.6 Å². The Hall–Kier alpha value is -1.33. The van der Waals surface area contributed by atoms with Gasteiger partial charge in [-0.25, -0.2) is 4.79 Å². The second kappa shape index (κ2) is 3.92. The molecule has 0 amide bonds. The summed E-state index contributed by atoms with van der Waals surface area (Å²) >= 11 is 0. The van der Waals surface area contributed by atoms with Crippen LogP contribution in [-0.2, 0) is 11.3 Å². The van der Waals surface area contributed by atoms with Gasteiger partial charge in [0.05, 0.1) is 12.2 Å². The largest absolute Gasteiger partial charge is 0.492 e. The summed E-state index contributed by atoms with van der Waals surface area (Å²) in [7, 11) is -0.994. The predicted molar refractivity (Wildman–Crippen MR) is 59.9 cm³/mol.